The number of carbonyl (C=O) groups is 1. The zero-order chi connectivity index (χ0) is 13.3. The highest BCUT2D eigenvalue weighted by molar-refractivity contribution is 9.10. The summed E-state index contributed by atoms with van der Waals surface area (Å²) in [7, 11) is 0. The highest BCUT2D eigenvalue weighted by atomic mass is 79.9. The molecule has 0 saturated carbocycles. The summed E-state index contributed by atoms with van der Waals surface area (Å²) in [5.41, 5.74) is 1.72. The summed E-state index contributed by atoms with van der Waals surface area (Å²) in [5.74, 6) is -0.768. The fourth-order valence-electron chi connectivity index (χ4n) is 2.39. The molecular formula is C13H17BrN2O2. The maximum atomic E-state index is 11.0. The number of hydrogen-bond donors (Lipinski definition) is 2. The molecular weight excluding hydrogens is 296 g/mol. The number of carboxylic acid groups (broad SMARTS) is 1. The Labute approximate surface area is 115 Å². The fraction of sp³-hybridized carbons (Fsp3) is 0.462. The molecule has 0 spiro atoms. The van der Waals surface area contributed by atoms with Crippen molar-refractivity contribution in [1.29, 1.82) is 0 Å². The number of nitrogens with zero attached hydrogens (tertiary/aromatic N) is 1. The van der Waals surface area contributed by atoms with Gasteiger partial charge in [0.15, 0.2) is 0 Å². The van der Waals surface area contributed by atoms with Gasteiger partial charge in [-0.25, -0.2) is 0 Å². The number of aliphatic carboxylic acids is 1. The van der Waals surface area contributed by atoms with Gasteiger partial charge in [-0.2, -0.15) is 0 Å². The predicted molar refractivity (Wildman–Crippen MR) is 76.3 cm³/mol. The van der Waals surface area contributed by atoms with Gasteiger partial charge in [0.2, 0.25) is 0 Å². The van der Waals surface area contributed by atoms with Crippen molar-refractivity contribution in [3.8, 4) is 0 Å². The van der Waals surface area contributed by atoms with E-state index in [1.165, 1.54) is 0 Å². The minimum Gasteiger partial charge on any atom is -0.481 e. The third-order valence-corrected chi connectivity index (χ3v) is 3.71. The molecule has 0 unspecified atom stereocenters. The van der Waals surface area contributed by atoms with E-state index in [-0.39, 0.29) is 6.42 Å². The molecule has 0 fully saturated rings. The molecule has 1 heterocycles. The SMILES string of the molecule is CC(C)(CC(=O)O)N1CCNc2ccc(Br)cc21. The molecule has 0 aromatic heterocycles. The standard InChI is InChI=1S/C13H17BrN2O2/c1-13(2,8-12(17)18)16-6-5-15-10-4-3-9(14)7-11(10)16/h3-4,7,15H,5-6,8H2,1-2H3,(H,17,18). The third-order valence-electron chi connectivity index (χ3n) is 3.22. The fourth-order valence-corrected chi connectivity index (χ4v) is 2.74. The molecule has 0 bridgehead atoms. The van der Waals surface area contributed by atoms with Crippen molar-refractivity contribution in [2.45, 2.75) is 25.8 Å². The van der Waals surface area contributed by atoms with Crippen LogP contribution in [-0.2, 0) is 4.79 Å². The van der Waals surface area contributed by atoms with Crippen molar-refractivity contribution >= 4 is 33.3 Å². The molecule has 98 valence electrons. The van der Waals surface area contributed by atoms with Crippen molar-refractivity contribution in [3.63, 3.8) is 0 Å². The summed E-state index contributed by atoms with van der Waals surface area (Å²) in [6.45, 7) is 5.58. The average molecular weight is 313 g/mol. The van der Waals surface area contributed by atoms with Gasteiger partial charge < -0.3 is 15.3 Å². The number of benzene rings is 1. The van der Waals surface area contributed by atoms with Crippen LogP contribution < -0.4 is 10.2 Å². The summed E-state index contributed by atoms with van der Waals surface area (Å²) < 4.78 is 1.00. The van der Waals surface area contributed by atoms with E-state index in [9.17, 15) is 4.79 Å². The van der Waals surface area contributed by atoms with Crippen molar-refractivity contribution in [3.05, 3.63) is 22.7 Å². The third kappa shape index (κ3) is 2.61. The van der Waals surface area contributed by atoms with Crippen LogP contribution in [0.5, 0.6) is 0 Å². The Morgan fingerprint density at radius 2 is 2.28 bits per heavy atom. The Balaban J connectivity index is 2.37. The van der Waals surface area contributed by atoms with Gasteiger partial charge in [-0.05, 0) is 32.0 Å². The van der Waals surface area contributed by atoms with E-state index < -0.39 is 11.5 Å². The minimum atomic E-state index is -0.768. The molecule has 18 heavy (non-hydrogen) atoms. The maximum Gasteiger partial charge on any atom is 0.305 e. The normalized spacial score (nSPS) is 14.9. The topological polar surface area (TPSA) is 52.6 Å². The molecule has 0 amide bonds. The van der Waals surface area contributed by atoms with Crippen LogP contribution in [0.15, 0.2) is 22.7 Å². The van der Waals surface area contributed by atoms with Gasteiger partial charge in [-0.1, -0.05) is 15.9 Å². The van der Waals surface area contributed by atoms with Crippen LogP contribution in [0.25, 0.3) is 0 Å². The number of halogens is 1. The highest BCUT2D eigenvalue weighted by Crippen LogP contribution is 2.37. The second-order valence-corrected chi connectivity index (χ2v) is 6.04. The lowest BCUT2D eigenvalue weighted by Crippen LogP contribution is -2.49. The Kier molecular flexibility index (Phi) is 3.52. The second-order valence-electron chi connectivity index (χ2n) is 5.12. The van der Waals surface area contributed by atoms with Crippen LogP contribution in [0.3, 0.4) is 0 Å². The smallest absolute Gasteiger partial charge is 0.305 e. The van der Waals surface area contributed by atoms with Crippen LogP contribution in [-0.4, -0.2) is 29.7 Å². The van der Waals surface area contributed by atoms with Crippen LogP contribution >= 0.6 is 15.9 Å². The van der Waals surface area contributed by atoms with Gasteiger partial charge in [0.1, 0.15) is 0 Å². The van der Waals surface area contributed by atoms with E-state index in [1.54, 1.807) is 0 Å². The first-order valence-corrected chi connectivity index (χ1v) is 6.72. The van der Waals surface area contributed by atoms with E-state index >= 15 is 0 Å². The van der Waals surface area contributed by atoms with E-state index in [2.05, 4.69) is 26.1 Å². The van der Waals surface area contributed by atoms with E-state index in [0.717, 1.165) is 28.9 Å². The zero-order valence-corrected chi connectivity index (χ0v) is 12.1. The number of anilines is 2. The molecule has 0 radical (unpaired) electrons. The van der Waals surface area contributed by atoms with Crippen molar-refractivity contribution in [1.82, 2.24) is 0 Å². The number of carboxylic acids is 1. The van der Waals surface area contributed by atoms with Crippen molar-refractivity contribution < 1.29 is 9.90 Å². The van der Waals surface area contributed by atoms with E-state index in [4.69, 9.17) is 5.11 Å². The van der Waals surface area contributed by atoms with E-state index in [0.29, 0.717) is 0 Å². The largest absolute Gasteiger partial charge is 0.481 e. The van der Waals surface area contributed by atoms with Crippen LogP contribution in [0.1, 0.15) is 20.3 Å². The molecule has 1 aliphatic heterocycles. The maximum absolute atomic E-state index is 11.0. The van der Waals surface area contributed by atoms with Crippen LogP contribution in [0, 0.1) is 0 Å². The lowest BCUT2D eigenvalue weighted by molar-refractivity contribution is -0.138. The Morgan fingerprint density at radius 3 is 2.94 bits per heavy atom. The molecule has 4 nitrogen and oxygen atoms in total. The molecule has 1 aromatic rings. The zero-order valence-electron chi connectivity index (χ0n) is 10.5. The van der Waals surface area contributed by atoms with E-state index in [1.807, 2.05) is 32.0 Å². The molecule has 0 aliphatic carbocycles. The summed E-state index contributed by atoms with van der Waals surface area (Å²) >= 11 is 3.46. The molecule has 0 saturated heterocycles. The lowest BCUT2D eigenvalue weighted by atomic mass is 9.96. The van der Waals surface area contributed by atoms with Gasteiger partial charge in [0.05, 0.1) is 17.8 Å². The van der Waals surface area contributed by atoms with Crippen molar-refractivity contribution in [2.24, 2.45) is 0 Å². The molecule has 1 aromatic carbocycles. The highest BCUT2D eigenvalue weighted by Gasteiger charge is 2.32. The number of fused-ring (bicyclic) bond motifs is 1. The van der Waals surface area contributed by atoms with Gasteiger partial charge in [-0.15, -0.1) is 0 Å². The van der Waals surface area contributed by atoms with Gasteiger partial charge in [0, 0.05) is 23.1 Å². The molecule has 2 N–H and O–H groups in total. The van der Waals surface area contributed by atoms with Crippen molar-refractivity contribution in [2.75, 3.05) is 23.3 Å². The molecule has 1 aliphatic rings. The molecule has 2 rings (SSSR count). The lowest BCUT2D eigenvalue weighted by Gasteiger charge is -2.43. The summed E-state index contributed by atoms with van der Waals surface area (Å²) in [4.78, 5) is 13.1. The Morgan fingerprint density at radius 1 is 1.56 bits per heavy atom. The second kappa shape index (κ2) is 4.80. The number of hydrogen-bond acceptors (Lipinski definition) is 3. The minimum absolute atomic E-state index is 0.124. The van der Waals surface area contributed by atoms with Gasteiger partial charge in [-0.3, -0.25) is 4.79 Å². The van der Waals surface area contributed by atoms with Gasteiger partial charge >= 0.3 is 5.97 Å². The Hall–Kier alpha value is -1.23. The first-order chi connectivity index (χ1) is 8.40. The van der Waals surface area contributed by atoms with Gasteiger partial charge in [0.25, 0.3) is 0 Å². The summed E-state index contributed by atoms with van der Waals surface area (Å²) in [6, 6.07) is 6.03. The number of rotatable bonds is 3. The van der Waals surface area contributed by atoms with Crippen LogP contribution in [0.4, 0.5) is 11.4 Å². The summed E-state index contributed by atoms with van der Waals surface area (Å²) in [5, 5.41) is 12.4. The number of nitrogens with one attached hydrogen (secondary N) is 1. The quantitative estimate of drug-likeness (QED) is 0.901. The average Bonchev–Trinajstić information content (AvgIpc) is 2.26. The first kappa shape index (κ1) is 13.2. The Bertz CT molecular complexity index is 474. The molecule has 5 heteroatoms. The molecule has 0 atom stereocenters. The monoisotopic (exact) mass is 312 g/mol. The first-order valence-electron chi connectivity index (χ1n) is 5.93. The predicted octanol–water partition coefficient (Wildman–Crippen LogP) is 2.93. The van der Waals surface area contributed by atoms with Crippen LogP contribution in [0.2, 0.25) is 0 Å². The summed E-state index contributed by atoms with van der Waals surface area (Å²) in [6.07, 6.45) is 0.124.